The molecule has 0 saturated heterocycles. The molecule has 0 heterocycles. The Bertz CT molecular complexity index is 168. The Hall–Kier alpha value is -0.590. The molecular formula is C11H20O. The zero-order chi connectivity index (χ0) is 9.56. The van der Waals surface area contributed by atoms with E-state index in [1.807, 2.05) is 6.92 Å². The van der Waals surface area contributed by atoms with Crippen molar-refractivity contribution in [2.45, 2.75) is 47.0 Å². The van der Waals surface area contributed by atoms with Gasteiger partial charge in [-0.2, -0.15) is 0 Å². The molecule has 1 atom stereocenters. The van der Waals surface area contributed by atoms with Crippen LogP contribution in [-0.4, -0.2) is 5.78 Å². The summed E-state index contributed by atoms with van der Waals surface area (Å²) in [6, 6.07) is 0. The van der Waals surface area contributed by atoms with Gasteiger partial charge in [0.2, 0.25) is 0 Å². The van der Waals surface area contributed by atoms with Crippen LogP contribution >= 0.6 is 0 Å². The highest BCUT2D eigenvalue weighted by molar-refractivity contribution is 5.77. The van der Waals surface area contributed by atoms with E-state index in [9.17, 15) is 4.79 Å². The van der Waals surface area contributed by atoms with Gasteiger partial charge in [-0.3, -0.25) is 4.79 Å². The Balaban J connectivity index is 3.78. The lowest BCUT2D eigenvalue weighted by Gasteiger charge is -2.04. The Morgan fingerprint density at radius 2 is 2.00 bits per heavy atom. The van der Waals surface area contributed by atoms with Crippen molar-refractivity contribution in [3.63, 3.8) is 0 Å². The molecule has 0 saturated carbocycles. The zero-order valence-electron chi connectivity index (χ0n) is 8.68. The summed E-state index contributed by atoms with van der Waals surface area (Å²) in [6.07, 6.45) is 5.44. The average Bonchev–Trinajstić information content (AvgIpc) is 2.00. The highest BCUT2D eigenvalue weighted by Gasteiger charge is 2.04. The van der Waals surface area contributed by atoms with Gasteiger partial charge >= 0.3 is 0 Å². The predicted molar refractivity (Wildman–Crippen MR) is 53.1 cm³/mol. The predicted octanol–water partition coefficient (Wildman–Crippen LogP) is 3.35. The van der Waals surface area contributed by atoms with Crippen LogP contribution in [0.15, 0.2) is 11.6 Å². The Kier molecular flexibility index (Phi) is 5.69. The van der Waals surface area contributed by atoms with Crippen LogP contribution in [0.25, 0.3) is 0 Å². The molecule has 0 amide bonds. The second-order valence-corrected chi connectivity index (χ2v) is 3.55. The standard InChI is InChI=1S/C11H20O/c1-5-6-9(2)7-8-10(3)11(4)12/h7,10H,5-6,8H2,1-4H3/b9-7+. The maximum atomic E-state index is 10.9. The van der Waals surface area contributed by atoms with Gasteiger partial charge in [0.05, 0.1) is 0 Å². The zero-order valence-corrected chi connectivity index (χ0v) is 8.68. The van der Waals surface area contributed by atoms with Crippen molar-refractivity contribution in [3.05, 3.63) is 11.6 Å². The summed E-state index contributed by atoms with van der Waals surface area (Å²) in [5.74, 6) is 0.479. The molecule has 0 aliphatic heterocycles. The third kappa shape index (κ3) is 5.11. The molecule has 0 rings (SSSR count). The Morgan fingerprint density at radius 1 is 1.42 bits per heavy atom. The lowest BCUT2D eigenvalue weighted by atomic mass is 10.0. The van der Waals surface area contributed by atoms with Crippen molar-refractivity contribution >= 4 is 5.78 Å². The van der Waals surface area contributed by atoms with E-state index >= 15 is 0 Å². The molecule has 0 aliphatic carbocycles. The monoisotopic (exact) mass is 168 g/mol. The first-order valence-electron chi connectivity index (χ1n) is 4.74. The molecular weight excluding hydrogens is 148 g/mol. The van der Waals surface area contributed by atoms with Crippen molar-refractivity contribution in [1.29, 1.82) is 0 Å². The number of rotatable bonds is 5. The number of hydrogen-bond acceptors (Lipinski definition) is 1. The summed E-state index contributed by atoms with van der Waals surface area (Å²) in [5.41, 5.74) is 1.41. The molecule has 0 aromatic heterocycles. The maximum Gasteiger partial charge on any atom is 0.132 e. The average molecular weight is 168 g/mol. The van der Waals surface area contributed by atoms with Gasteiger partial charge in [-0.25, -0.2) is 0 Å². The molecule has 1 nitrogen and oxygen atoms in total. The number of Topliss-reactive ketones (excluding diaryl/α,β-unsaturated/α-hetero) is 1. The molecule has 1 heteroatoms. The van der Waals surface area contributed by atoms with Crippen molar-refractivity contribution < 1.29 is 4.79 Å². The second kappa shape index (κ2) is 5.99. The van der Waals surface area contributed by atoms with Crippen LogP contribution in [0.1, 0.15) is 47.0 Å². The van der Waals surface area contributed by atoms with Crippen LogP contribution < -0.4 is 0 Å². The second-order valence-electron chi connectivity index (χ2n) is 3.55. The van der Waals surface area contributed by atoms with E-state index in [1.54, 1.807) is 6.92 Å². The maximum absolute atomic E-state index is 10.9. The topological polar surface area (TPSA) is 17.1 Å². The third-order valence-corrected chi connectivity index (χ3v) is 2.16. The van der Waals surface area contributed by atoms with Gasteiger partial charge in [-0.05, 0) is 26.7 Å². The van der Waals surface area contributed by atoms with Crippen LogP contribution in [0.5, 0.6) is 0 Å². The van der Waals surface area contributed by atoms with E-state index in [1.165, 1.54) is 12.0 Å². The van der Waals surface area contributed by atoms with Crippen LogP contribution in [0.2, 0.25) is 0 Å². The van der Waals surface area contributed by atoms with E-state index in [4.69, 9.17) is 0 Å². The van der Waals surface area contributed by atoms with Crippen LogP contribution in [0.4, 0.5) is 0 Å². The van der Waals surface area contributed by atoms with Crippen molar-refractivity contribution in [3.8, 4) is 0 Å². The molecule has 0 aliphatic rings. The molecule has 12 heavy (non-hydrogen) atoms. The fraction of sp³-hybridized carbons (Fsp3) is 0.727. The minimum atomic E-state index is 0.191. The third-order valence-electron chi connectivity index (χ3n) is 2.16. The summed E-state index contributed by atoms with van der Waals surface area (Å²) in [5, 5.41) is 0. The fourth-order valence-corrected chi connectivity index (χ4v) is 1.04. The smallest absolute Gasteiger partial charge is 0.132 e. The number of ketones is 1. The Labute approximate surface area is 75.9 Å². The lowest BCUT2D eigenvalue weighted by molar-refractivity contribution is -0.120. The number of hydrogen-bond donors (Lipinski definition) is 0. The highest BCUT2D eigenvalue weighted by atomic mass is 16.1. The number of carbonyl (C=O) groups is 1. The molecule has 0 fully saturated rings. The summed E-state index contributed by atoms with van der Waals surface area (Å²) >= 11 is 0. The first-order chi connectivity index (χ1) is 5.57. The van der Waals surface area contributed by atoms with Gasteiger partial charge < -0.3 is 0 Å². The quantitative estimate of drug-likeness (QED) is 0.575. The largest absolute Gasteiger partial charge is 0.300 e. The summed E-state index contributed by atoms with van der Waals surface area (Å²) < 4.78 is 0. The fourth-order valence-electron chi connectivity index (χ4n) is 1.04. The normalized spacial score (nSPS) is 14.5. The Morgan fingerprint density at radius 3 is 2.42 bits per heavy atom. The van der Waals surface area contributed by atoms with Crippen molar-refractivity contribution in [2.24, 2.45) is 5.92 Å². The van der Waals surface area contributed by atoms with Gasteiger partial charge in [-0.15, -0.1) is 0 Å². The van der Waals surface area contributed by atoms with Crippen molar-refractivity contribution in [2.75, 3.05) is 0 Å². The van der Waals surface area contributed by atoms with Crippen LogP contribution in [0, 0.1) is 5.92 Å². The van der Waals surface area contributed by atoms with Crippen LogP contribution in [0.3, 0.4) is 0 Å². The lowest BCUT2D eigenvalue weighted by Crippen LogP contribution is -2.04. The van der Waals surface area contributed by atoms with E-state index in [0.29, 0.717) is 0 Å². The van der Waals surface area contributed by atoms with E-state index in [2.05, 4.69) is 19.9 Å². The first-order valence-corrected chi connectivity index (χ1v) is 4.74. The van der Waals surface area contributed by atoms with E-state index in [-0.39, 0.29) is 11.7 Å². The molecule has 0 bridgehead atoms. The minimum absolute atomic E-state index is 0.191. The van der Waals surface area contributed by atoms with E-state index in [0.717, 1.165) is 12.8 Å². The molecule has 0 aromatic carbocycles. The molecule has 0 radical (unpaired) electrons. The van der Waals surface area contributed by atoms with Gasteiger partial charge in [0.15, 0.2) is 0 Å². The first kappa shape index (κ1) is 11.4. The molecule has 0 aromatic rings. The van der Waals surface area contributed by atoms with Crippen LogP contribution in [-0.2, 0) is 4.79 Å². The van der Waals surface area contributed by atoms with Gasteiger partial charge in [-0.1, -0.05) is 31.9 Å². The van der Waals surface area contributed by atoms with Crippen molar-refractivity contribution in [1.82, 2.24) is 0 Å². The molecule has 0 spiro atoms. The summed E-state index contributed by atoms with van der Waals surface area (Å²) in [7, 11) is 0. The van der Waals surface area contributed by atoms with Gasteiger partial charge in [0.1, 0.15) is 5.78 Å². The van der Waals surface area contributed by atoms with Gasteiger partial charge in [0.25, 0.3) is 0 Å². The summed E-state index contributed by atoms with van der Waals surface area (Å²) in [6.45, 7) is 7.95. The SMILES string of the molecule is CCC/C(C)=C/CC(C)C(C)=O. The highest BCUT2D eigenvalue weighted by Crippen LogP contribution is 2.09. The molecule has 1 unspecified atom stereocenters. The minimum Gasteiger partial charge on any atom is -0.300 e. The molecule has 70 valence electrons. The number of allylic oxidation sites excluding steroid dienone is 2. The van der Waals surface area contributed by atoms with Gasteiger partial charge in [0, 0.05) is 5.92 Å². The van der Waals surface area contributed by atoms with E-state index < -0.39 is 0 Å². The summed E-state index contributed by atoms with van der Waals surface area (Å²) in [4.78, 5) is 10.9. The molecule has 0 N–H and O–H groups in total. The number of carbonyl (C=O) groups excluding carboxylic acids is 1.